The van der Waals surface area contributed by atoms with Crippen molar-refractivity contribution in [2.45, 2.75) is 69.6 Å². The third kappa shape index (κ3) is 6.79. The molecule has 0 bridgehead atoms. The second-order valence-corrected chi connectivity index (χ2v) is 14.2. The van der Waals surface area contributed by atoms with Gasteiger partial charge in [-0.1, -0.05) is 12.1 Å². The molecule has 2 aromatic carbocycles. The van der Waals surface area contributed by atoms with E-state index in [0.29, 0.717) is 29.0 Å². The van der Waals surface area contributed by atoms with Crippen molar-refractivity contribution in [2.24, 2.45) is 0 Å². The van der Waals surface area contributed by atoms with Crippen molar-refractivity contribution in [2.75, 3.05) is 36.9 Å². The number of para-hydroxylation sites is 1. The van der Waals surface area contributed by atoms with Gasteiger partial charge in [-0.05, 0) is 108 Å². The molecule has 11 heteroatoms. The topological polar surface area (TPSA) is 132 Å². The van der Waals surface area contributed by atoms with Gasteiger partial charge in [0.2, 0.25) is 5.95 Å². The summed E-state index contributed by atoms with van der Waals surface area (Å²) in [5.41, 5.74) is 4.26. The summed E-state index contributed by atoms with van der Waals surface area (Å²) in [6.45, 7) is 12.3. The molecule has 0 atom stereocenters. The lowest BCUT2D eigenvalue weighted by molar-refractivity contribution is 0.164. The Kier molecular flexibility index (Phi) is 9.24. The number of nitrogens with one attached hydrogen (secondary N) is 3. The summed E-state index contributed by atoms with van der Waals surface area (Å²) in [5, 5.41) is 16.1. The molecule has 0 radical (unpaired) electrons. The summed E-state index contributed by atoms with van der Waals surface area (Å²) in [5.74, 6) is 1.98. The number of aromatic nitrogens is 3. The Balaban J connectivity index is 1.48. The van der Waals surface area contributed by atoms with Gasteiger partial charge in [-0.25, -0.2) is 8.42 Å². The molecule has 1 aliphatic heterocycles. The Labute approximate surface area is 253 Å². The van der Waals surface area contributed by atoms with E-state index in [-0.39, 0.29) is 17.6 Å². The maximum Gasteiger partial charge on any atom is 0.231 e. The van der Waals surface area contributed by atoms with E-state index in [1.54, 1.807) is 44.3 Å². The molecule has 230 valence electrons. The highest BCUT2D eigenvalue weighted by atomic mass is 32.2. The molecule has 4 aromatic rings. The maximum absolute atomic E-state index is 13.1. The summed E-state index contributed by atoms with van der Waals surface area (Å²) < 4.78 is 32.5. The second-order valence-electron chi connectivity index (χ2n) is 11.7. The van der Waals surface area contributed by atoms with Crippen LogP contribution in [-0.2, 0) is 9.84 Å². The molecular formula is C32H42N6O4S. The fourth-order valence-corrected chi connectivity index (χ4v) is 6.82. The van der Waals surface area contributed by atoms with Crippen molar-refractivity contribution in [3.8, 4) is 5.75 Å². The Morgan fingerprint density at radius 1 is 1.05 bits per heavy atom. The lowest BCUT2D eigenvalue weighted by Gasteiger charge is -2.32. The fraction of sp³-hybridized carbons (Fsp3) is 0.438. The zero-order chi connectivity index (χ0) is 30.7. The van der Waals surface area contributed by atoms with Crippen LogP contribution >= 0.6 is 0 Å². The van der Waals surface area contributed by atoms with E-state index in [0.717, 1.165) is 54.9 Å². The molecule has 0 spiro atoms. The molecule has 3 heterocycles. The fourth-order valence-electron chi connectivity index (χ4n) is 5.61. The number of hydrogen-bond acceptors (Lipinski definition) is 9. The number of hydrogen-bond donors (Lipinski definition) is 4. The van der Waals surface area contributed by atoms with E-state index in [1.165, 1.54) is 5.56 Å². The molecule has 5 rings (SSSR count). The van der Waals surface area contributed by atoms with Gasteiger partial charge < -0.3 is 30.4 Å². The Morgan fingerprint density at radius 2 is 1.79 bits per heavy atom. The number of aliphatic hydroxyl groups is 1. The van der Waals surface area contributed by atoms with Gasteiger partial charge in [0.25, 0.3) is 0 Å². The lowest BCUT2D eigenvalue weighted by Crippen LogP contribution is -2.35. The molecular weight excluding hydrogens is 564 g/mol. The number of anilines is 4. The molecule has 43 heavy (non-hydrogen) atoms. The molecule has 1 saturated heterocycles. The Hall–Kier alpha value is -3.67. The summed E-state index contributed by atoms with van der Waals surface area (Å²) in [6, 6.07) is 13.0. The molecule has 0 saturated carbocycles. The van der Waals surface area contributed by atoms with Gasteiger partial charge in [0.1, 0.15) is 17.2 Å². The summed E-state index contributed by atoms with van der Waals surface area (Å²) in [4.78, 5) is 15.2. The minimum atomic E-state index is -3.53. The summed E-state index contributed by atoms with van der Waals surface area (Å²) in [7, 11) is -3.53. The number of ether oxygens (including phenoxy) is 1. The first-order valence-electron chi connectivity index (χ1n) is 14.9. The largest absolute Gasteiger partial charge is 0.489 e. The van der Waals surface area contributed by atoms with Crippen LogP contribution in [0.4, 0.5) is 23.1 Å². The van der Waals surface area contributed by atoms with Crippen molar-refractivity contribution in [3.63, 3.8) is 0 Å². The molecule has 1 aliphatic rings. The molecule has 4 N–H and O–H groups in total. The van der Waals surface area contributed by atoms with E-state index in [1.807, 2.05) is 19.9 Å². The number of rotatable bonds is 11. The van der Waals surface area contributed by atoms with Crippen LogP contribution in [-0.4, -0.2) is 71.0 Å². The van der Waals surface area contributed by atoms with Gasteiger partial charge >= 0.3 is 0 Å². The number of aryl methyl sites for hydroxylation is 1. The van der Waals surface area contributed by atoms with Crippen molar-refractivity contribution in [1.29, 1.82) is 0 Å². The van der Waals surface area contributed by atoms with Crippen molar-refractivity contribution >= 4 is 44.0 Å². The van der Waals surface area contributed by atoms with Gasteiger partial charge in [0.05, 0.1) is 39.6 Å². The van der Waals surface area contributed by atoms with Gasteiger partial charge in [0, 0.05) is 12.7 Å². The third-order valence-electron chi connectivity index (χ3n) is 7.90. The number of aromatic amines is 1. The Morgan fingerprint density at radius 3 is 2.49 bits per heavy atom. The normalized spacial score (nSPS) is 15.0. The molecule has 0 amide bonds. The van der Waals surface area contributed by atoms with Gasteiger partial charge in [-0.3, -0.25) is 0 Å². The second kappa shape index (κ2) is 12.9. The maximum atomic E-state index is 13.1. The van der Waals surface area contributed by atoms with E-state index in [4.69, 9.17) is 14.7 Å². The molecule has 2 aromatic heterocycles. The molecule has 10 nitrogen and oxygen atoms in total. The Bertz CT molecular complexity index is 1680. The molecule has 0 aliphatic carbocycles. The number of benzene rings is 2. The first-order chi connectivity index (χ1) is 20.6. The highest BCUT2D eigenvalue weighted by Gasteiger charge is 2.25. The minimum Gasteiger partial charge on any atom is -0.489 e. The lowest BCUT2D eigenvalue weighted by atomic mass is 9.86. The highest BCUT2D eigenvalue weighted by Crippen LogP contribution is 2.38. The van der Waals surface area contributed by atoms with E-state index >= 15 is 0 Å². The number of H-pyrrole nitrogens is 1. The number of aliphatic hydroxyl groups excluding tert-OH is 1. The van der Waals surface area contributed by atoms with Crippen LogP contribution in [0.2, 0.25) is 0 Å². The van der Waals surface area contributed by atoms with Gasteiger partial charge in [0.15, 0.2) is 9.84 Å². The van der Waals surface area contributed by atoms with Crippen LogP contribution in [0.5, 0.6) is 5.75 Å². The first kappa shape index (κ1) is 30.8. The standard InChI is InChI=1S/C32H42N6O4S/c1-20(2)42-28-19-25(23-11-14-38(15-12-23)16-17-39)22(5)18-27(28)35-32-36-30-24(10-13-33-30)31(37-32)34-26-8-6-7-9-29(26)43(40,41)21(3)4/h6-10,13,18-21,23,39H,11-12,14-17H2,1-5H3,(H3,33,34,35,36,37). The number of fused-ring (bicyclic) bond motifs is 1. The van der Waals surface area contributed by atoms with Crippen LogP contribution in [0.3, 0.4) is 0 Å². The molecule has 0 unspecified atom stereocenters. The smallest absolute Gasteiger partial charge is 0.231 e. The third-order valence-corrected chi connectivity index (χ3v) is 10.1. The zero-order valence-corrected chi connectivity index (χ0v) is 26.3. The van der Waals surface area contributed by atoms with Crippen molar-refractivity contribution < 1.29 is 18.3 Å². The number of β-amino-alcohol motifs (C(OH)–C–C–N with tert-alkyl or cyclic N) is 1. The van der Waals surface area contributed by atoms with Crippen LogP contribution in [0.1, 0.15) is 57.6 Å². The highest BCUT2D eigenvalue weighted by molar-refractivity contribution is 7.92. The van der Waals surface area contributed by atoms with Crippen LogP contribution < -0.4 is 15.4 Å². The number of sulfone groups is 1. The average molecular weight is 607 g/mol. The van der Waals surface area contributed by atoms with E-state index in [9.17, 15) is 13.5 Å². The first-order valence-corrected chi connectivity index (χ1v) is 16.5. The van der Waals surface area contributed by atoms with Crippen LogP contribution in [0, 0.1) is 6.92 Å². The van der Waals surface area contributed by atoms with Crippen molar-refractivity contribution in [1.82, 2.24) is 19.9 Å². The number of likely N-dealkylation sites (tertiary alicyclic amines) is 1. The SMILES string of the molecule is Cc1cc(Nc2nc(Nc3ccccc3S(=O)(=O)C(C)C)c3cc[nH]c3n2)c(OC(C)C)cc1C1CCN(CCO)CC1. The van der Waals surface area contributed by atoms with Crippen molar-refractivity contribution in [3.05, 3.63) is 59.8 Å². The predicted molar refractivity (Wildman–Crippen MR) is 172 cm³/mol. The molecule has 1 fully saturated rings. The van der Waals surface area contributed by atoms with Crippen LogP contribution in [0.25, 0.3) is 11.0 Å². The summed E-state index contributed by atoms with van der Waals surface area (Å²) in [6.07, 6.45) is 3.81. The average Bonchev–Trinajstić information content (AvgIpc) is 3.44. The number of piperidine rings is 1. The quantitative estimate of drug-likeness (QED) is 0.165. The minimum absolute atomic E-state index is 0.0362. The zero-order valence-electron chi connectivity index (χ0n) is 25.5. The van der Waals surface area contributed by atoms with E-state index < -0.39 is 15.1 Å². The monoisotopic (exact) mass is 606 g/mol. The van der Waals surface area contributed by atoms with E-state index in [2.05, 4.69) is 39.6 Å². The van der Waals surface area contributed by atoms with Gasteiger partial charge in [-0.2, -0.15) is 9.97 Å². The number of nitrogens with zero attached hydrogens (tertiary/aromatic N) is 3. The summed E-state index contributed by atoms with van der Waals surface area (Å²) >= 11 is 0. The predicted octanol–water partition coefficient (Wildman–Crippen LogP) is 5.89. The van der Waals surface area contributed by atoms with Crippen LogP contribution in [0.15, 0.2) is 53.6 Å². The van der Waals surface area contributed by atoms with Gasteiger partial charge in [-0.15, -0.1) is 0 Å².